The summed E-state index contributed by atoms with van der Waals surface area (Å²) >= 11 is 7.92. The number of imidazole rings is 1. The van der Waals surface area contributed by atoms with Crippen LogP contribution in [-0.2, 0) is 6.54 Å². The van der Waals surface area contributed by atoms with Crippen molar-refractivity contribution in [2.45, 2.75) is 31.2 Å². The number of aromatic nitrogens is 2. The topological polar surface area (TPSA) is 29.3 Å². The molecule has 1 aliphatic carbocycles. The number of fused-ring (bicyclic) bond motifs is 1. The summed E-state index contributed by atoms with van der Waals surface area (Å²) < 4.78 is 2.07. The van der Waals surface area contributed by atoms with Gasteiger partial charge in [0.25, 0.3) is 0 Å². The zero-order valence-corrected chi connectivity index (χ0v) is 11.2. The lowest BCUT2D eigenvalue weighted by Crippen LogP contribution is -2.25. The lowest BCUT2D eigenvalue weighted by molar-refractivity contribution is 0.492. The fraction of sp³-hybridized carbons (Fsp3) is 0.583. The van der Waals surface area contributed by atoms with E-state index in [2.05, 4.69) is 26.3 Å². The fourth-order valence-electron chi connectivity index (χ4n) is 2.47. The van der Waals surface area contributed by atoms with Crippen molar-refractivity contribution in [2.24, 2.45) is 5.92 Å². The molecule has 2 unspecified atom stereocenters. The molecule has 0 bridgehead atoms. The maximum absolute atomic E-state index is 6.25. The first-order chi connectivity index (χ1) is 8.33. The number of rotatable bonds is 4. The van der Waals surface area contributed by atoms with E-state index in [0.29, 0.717) is 11.3 Å². The van der Waals surface area contributed by atoms with Gasteiger partial charge in [0.1, 0.15) is 0 Å². The molecule has 0 spiro atoms. The molecule has 0 amide bonds. The average Bonchev–Trinajstić information content (AvgIpc) is 2.95. The molecule has 3 nitrogen and oxygen atoms in total. The Hall–Kier alpha value is -0.580. The number of hydrogen-bond acceptors (Lipinski definition) is 3. The van der Waals surface area contributed by atoms with Crippen molar-refractivity contribution in [2.75, 3.05) is 6.54 Å². The first-order valence-corrected chi connectivity index (χ1v) is 7.40. The third-order valence-corrected chi connectivity index (χ3v) is 4.77. The van der Waals surface area contributed by atoms with Gasteiger partial charge in [0.15, 0.2) is 4.96 Å². The van der Waals surface area contributed by atoms with Crippen LogP contribution in [0.25, 0.3) is 4.96 Å². The van der Waals surface area contributed by atoms with Crippen molar-refractivity contribution in [3.63, 3.8) is 0 Å². The second-order valence-corrected chi connectivity index (χ2v) is 6.10. The SMILES string of the molecule is ClC1CCCC1CNCc1cn2ccsc2n1. The number of halogens is 1. The fourth-order valence-corrected chi connectivity index (χ4v) is 3.56. The molecule has 5 heteroatoms. The van der Waals surface area contributed by atoms with Crippen LogP contribution in [0.1, 0.15) is 25.0 Å². The van der Waals surface area contributed by atoms with Crippen LogP contribution in [0.5, 0.6) is 0 Å². The molecule has 0 aliphatic heterocycles. The minimum absolute atomic E-state index is 0.369. The van der Waals surface area contributed by atoms with E-state index in [9.17, 15) is 0 Å². The number of nitrogens with one attached hydrogen (secondary N) is 1. The van der Waals surface area contributed by atoms with Crippen LogP contribution in [0, 0.1) is 5.92 Å². The molecule has 0 aromatic carbocycles. The summed E-state index contributed by atoms with van der Waals surface area (Å²) in [5.41, 5.74) is 1.11. The van der Waals surface area contributed by atoms with Gasteiger partial charge in [-0.05, 0) is 25.3 Å². The molecule has 1 aliphatic rings. The Balaban J connectivity index is 1.52. The highest BCUT2D eigenvalue weighted by atomic mass is 35.5. The highest BCUT2D eigenvalue weighted by Gasteiger charge is 2.24. The van der Waals surface area contributed by atoms with E-state index < -0.39 is 0 Å². The van der Waals surface area contributed by atoms with Gasteiger partial charge in [-0.15, -0.1) is 22.9 Å². The van der Waals surface area contributed by atoms with E-state index in [1.165, 1.54) is 19.3 Å². The monoisotopic (exact) mass is 269 g/mol. The number of hydrogen-bond donors (Lipinski definition) is 1. The lowest BCUT2D eigenvalue weighted by atomic mass is 10.1. The second kappa shape index (κ2) is 4.96. The highest BCUT2D eigenvalue weighted by molar-refractivity contribution is 7.15. The van der Waals surface area contributed by atoms with Crippen molar-refractivity contribution < 1.29 is 0 Å². The first-order valence-electron chi connectivity index (χ1n) is 6.09. The molecule has 0 saturated heterocycles. The highest BCUT2D eigenvalue weighted by Crippen LogP contribution is 2.29. The van der Waals surface area contributed by atoms with Gasteiger partial charge in [-0.3, -0.25) is 4.40 Å². The van der Waals surface area contributed by atoms with Crippen LogP contribution < -0.4 is 5.32 Å². The van der Waals surface area contributed by atoms with E-state index >= 15 is 0 Å². The molecule has 2 atom stereocenters. The molecular weight excluding hydrogens is 254 g/mol. The Kier molecular flexibility index (Phi) is 3.36. The Bertz CT molecular complexity index is 464. The zero-order chi connectivity index (χ0) is 11.7. The van der Waals surface area contributed by atoms with Gasteiger partial charge in [-0.2, -0.15) is 0 Å². The van der Waals surface area contributed by atoms with E-state index in [-0.39, 0.29) is 0 Å². The van der Waals surface area contributed by atoms with Gasteiger partial charge in [0.2, 0.25) is 0 Å². The smallest absolute Gasteiger partial charge is 0.193 e. The minimum atomic E-state index is 0.369. The van der Waals surface area contributed by atoms with Crippen molar-refractivity contribution in [1.82, 2.24) is 14.7 Å². The molecule has 2 aromatic heterocycles. The molecular formula is C12H16ClN3S. The standard InChI is InChI=1S/C12H16ClN3S/c13-11-3-1-2-9(11)6-14-7-10-8-16-4-5-17-12(16)15-10/h4-5,8-9,11,14H,1-3,6-7H2. The van der Waals surface area contributed by atoms with E-state index in [1.54, 1.807) is 11.3 Å². The maximum Gasteiger partial charge on any atom is 0.193 e. The van der Waals surface area contributed by atoms with Crippen LogP contribution in [0.3, 0.4) is 0 Å². The summed E-state index contributed by atoms with van der Waals surface area (Å²) in [6.07, 6.45) is 7.85. The van der Waals surface area contributed by atoms with Gasteiger partial charge in [-0.25, -0.2) is 4.98 Å². The predicted octanol–water partition coefficient (Wildman–Crippen LogP) is 2.89. The molecule has 92 valence electrons. The van der Waals surface area contributed by atoms with Gasteiger partial charge in [0, 0.05) is 29.7 Å². The second-order valence-electron chi connectivity index (χ2n) is 4.66. The molecule has 3 rings (SSSR count). The Labute approximate surface area is 110 Å². The lowest BCUT2D eigenvalue weighted by Gasteiger charge is -2.13. The van der Waals surface area contributed by atoms with Gasteiger partial charge in [-0.1, -0.05) is 6.42 Å². The maximum atomic E-state index is 6.25. The van der Waals surface area contributed by atoms with E-state index in [4.69, 9.17) is 11.6 Å². The third kappa shape index (κ3) is 2.49. The third-order valence-electron chi connectivity index (χ3n) is 3.42. The van der Waals surface area contributed by atoms with Crippen LogP contribution in [0.2, 0.25) is 0 Å². The van der Waals surface area contributed by atoms with Crippen molar-refractivity contribution in [3.8, 4) is 0 Å². The zero-order valence-electron chi connectivity index (χ0n) is 9.60. The Morgan fingerprint density at radius 2 is 2.47 bits per heavy atom. The largest absolute Gasteiger partial charge is 0.311 e. The van der Waals surface area contributed by atoms with Crippen LogP contribution in [0.4, 0.5) is 0 Å². The molecule has 1 N–H and O–H groups in total. The molecule has 0 radical (unpaired) electrons. The van der Waals surface area contributed by atoms with Crippen LogP contribution >= 0.6 is 22.9 Å². The average molecular weight is 270 g/mol. The summed E-state index contributed by atoms with van der Waals surface area (Å²) in [4.78, 5) is 5.61. The summed E-state index contributed by atoms with van der Waals surface area (Å²) in [7, 11) is 0. The number of alkyl halides is 1. The van der Waals surface area contributed by atoms with Gasteiger partial charge in [0.05, 0.1) is 5.69 Å². The molecule has 2 aromatic rings. The van der Waals surface area contributed by atoms with Crippen LogP contribution in [-0.4, -0.2) is 21.3 Å². The van der Waals surface area contributed by atoms with Gasteiger partial charge >= 0.3 is 0 Å². The molecule has 2 heterocycles. The number of nitrogens with zero attached hydrogens (tertiary/aromatic N) is 2. The summed E-state index contributed by atoms with van der Waals surface area (Å²) in [5, 5.41) is 5.89. The first kappa shape index (κ1) is 11.5. The van der Waals surface area contributed by atoms with E-state index in [1.807, 2.05) is 6.20 Å². The molecule has 1 fully saturated rings. The molecule has 17 heavy (non-hydrogen) atoms. The van der Waals surface area contributed by atoms with Crippen molar-refractivity contribution >= 4 is 27.9 Å². The minimum Gasteiger partial charge on any atom is -0.311 e. The van der Waals surface area contributed by atoms with Crippen molar-refractivity contribution in [1.29, 1.82) is 0 Å². The van der Waals surface area contributed by atoms with E-state index in [0.717, 1.165) is 23.7 Å². The van der Waals surface area contributed by atoms with Crippen molar-refractivity contribution in [3.05, 3.63) is 23.5 Å². The van der Waals surface area contributed by atoms with Crippen LogP contribution in [0.15, 0.2) is 17.8 Å². The normalized spacial score (nSPS) is 24.8. The number of thiazole rings is 1. The summed E-state index contributed by atoms with van der Waals surface area (Å²) in [6, 6.07) is 0. The summed E-state index contributed by atoms with van der Waals surface area (Å²) in [5.74, 6) is 0.639. The molecule has 1 saturated carbocycles. The predicted molar refractivity (Wildman–Crippen MR) is 71.8 cm³/mol. The Morgan fingerprint density at radius 3 is 3.24 bits per heavy atom. The summed E-state index contributed by atoms with van der Waals surface area (Å²) in [6.45, 7) is 1.86. The quantitative estimate of drug-likeness (QED) is 0.865. The Morgan fingerprint density at radius 1 is 1.53 bits per heavy atom. The van der Waals surface area contributed by atoms with Gasteiger partial charge < -0.3 is 5.32 Å².